The molecular weight excluding hydrogens is 268 g/mol. The lowest BCUT2D eigenvalue weighted by atomic mass is 10.3. The van der Waals surface area contributed by atoms with E-state index >= 15 is 0 Å². The molecule has 0 amide bonds. The summed E-state index contributed by atoms with van der Waals surface area (Å²) in [5.41, 5.74) is 5.97. The molecule has 3 N–H and O–H groups in total. The zero-order valence-corrected chi connectivity index (χ0v) is 11.3. The number of hydrogen-bond acceptors (Lipinski definition) is 5. The summed E-state index contributed by atoms with van der Waals surface area (Å²) in [6.45, 7) is 0. The van der Waals surface area contributed by atoms with E-state index in [0.29, 0.717) is 11.4 Å². The molecule has 1 aromatic carbocycles. The van der Waals surface area contributed by atoms with Crippen molar-refractivity contribution in [1.29, 1.82) is 0 Å². The van der Waals surface area contributed by atoms with Gasteiger partial charge in [-0.25, -0.2) is 4.98 Å². The first kappa shape index (κ1) is 13.2. The number of hydrogen-bond donors (Lipinski definition) is 2. The Kier molecular flexibility index (Phi) is 3.34. The van der Waals surface area contributed by atoms with Crippen molar-refractivity contribution in [2.75, 3.05) is 17.6 Å². The van der Waals surface area contributed by atoms with Gasteiger partial charge < -0.3 is 15.0 Å². The number of aryl methyl sites for hydroxylation is 1. The molecule has 19 heavy (non-hydrogen) atoms. The van der Waals surface area contributed by atoms with Crippen molar-refractivity contribution in [2.45, 2.75) is 5.03 Å². The molecule has 2 rings (SSSR count). The summed E-state index contributed by atoms with van der Waals surface area (Å²) in [4.78, 5) is 3.75. The number of sulfonamides is 1. The average Bonchev–Trinajstić information content (AvgIpc) is 2.70. The van der Waals surface area contributed by atoms with E-state index in [1.807, 2.05) is 0 Å². The van der Waals surface area contributed by atoms with Gasteiger partial charge in [0, 0.05) is 12.7 Å². The lowest BCUT2D eigenvalue weighted by molar-refractivity contribution is 0.415. The van der Waals surface area contributed by atoms with Gasteiger partial charge in [0.25, 0.3) is 10.0 Å². The predicted octanol–water partition coefficient (Wildman–Crippen LogP) is 0.812. The van der Waals surface area contributed by atoms with Crippen LogP contribution < -0.4 is 15.2 Å². The number of nitrogen functional groups attached to an aromatic ring is 1. The van der Waals surface area contributed by atoms with Crippen LogP contribution in [0.3, 0.4) is 0 Å². The van der Waals surface area contributed by atoms with Crippen molar-refractivity contribution >= 4 is 21.5 Å². The number of nitrogens with two attached hydrogens (primary N) is 1. The van der Waals surface area contributed by atoms with Gasteiger partial charge in [-0.05, 0) is 24.3 Å². The molecule has 0 atom stereocenters. The molecule has 102 valence electrons. The highest BCUT2D eigenvalue weighted by Gasteiger charge is 2.22. The van der Waals surface area contributed by atoms with Gasteiger partial charge in [-0.3, -0.25) is 4.72 Å². The quantitative estimate of drug-likeness (QED) is 0.864. The SMILES string of the molecule is COc1ccc(NS(=O)(=O)c2c(N)ncn2C)cc1. The largest absolute Gasteiger partial charge is 0.497 e. The second-order valence-electron chi connectivity index (χ2n) is 3.88. The summed E-state index contributed by atoms with van der Waals surface area (Å²) in [5.74, 6) is 0.603. The Morgan fingerprint density at radius 1 is 1.32 bits per heavy atom. The summed E-state index contributed by atoms with van der Waals surface area (Å²) in [7, 11) is -0.668. The van der Waals surface area contributed by atoms with E-state index in [1.54, 1.807) is 31.3 Å². The van der Waals surface area contributed by atoms with E-state index < -0.39 is 10.0 Å². The van der Waals surface area contributed by atoms with Crippen LogP contribution in [0.4, 0.5) is 11.5 Å². The number of rotatable bonds is 4. The Bertz CT molecular complexity index is 657. The minimum atomic E-state index is -3.77. The van der Waals surface area contributed by atoms with Gasteiger partial charge in [0.15, 0.2) is 10.8 Å². The normalized spacial score (nSPS) is 11.3. The summed E-state index contributed by atoms with van der Waals surface area (Å²) >= 11 is 0. The number of nitrogens with zero attached hydrogens (tertiary/aromatic N) is 2. The molecule has 0 unspecified atom stereocenters. The molecule has 0 bridgehead atoms. The van der Waals surface area contributed by atoms with Crippen LogP contribution in [-0.2, 0) is 17.1 Å². The molecule has 0 fully saturated rings. The van der Waals surface area contributed by atoms with Gasteiger partial charge >= 0.3 is 0 Å². The van der Waals surface area contributed by atoms with Crippen LogP contribution in [0.15, 0.2) is 35.6 Å². The van der Waals surface area contributed by atoms with Crippen molar-refractivity contribution in [1.82, 2.24) is 9.55 Å². The molecule has 0 aliphatic rings. The Hall–Kier alpha value is -2.22. The average molecular weight is 282 g/mol. The molecular formula is C11H14N4O3S. The molecule has 0 radical (unpaired) electrons. The monoisotopic (exact) mass is 282 g/mol. The van der Waals surface area contributed by atoms with E-state index in [0.717, 1.165) is 0 Å². The summed E-state index contributed by atoms with van der Waals surface area (Å²) < 4.78 is 33.1. The molecule has 0 aliphatic heterocycles. The molecule has 8 heteroatoms. The number of nitrogens with one attached hydrogen (secondary N) is 1. The number of aromatic nitrogens is 2. The standard InChI is InChI=1S/C11H14N4O3S/c1-15-7-13-10(12)11(15)19(16,17)14-8-3-5-9(18-2)6-4-8/h3-7,14H,12H2,1-2H3. The van der Waals surface area contributed by atoms with E-state index in [2.05, 4.69) is 9.71 Å². The zero-order valence-electron chi connectivity index (χ0n) is 10.5. The van der Waals surface area contributed by atoms with Crippen LogP contribution in [0.25, 0.3) is 0 Å². The predicted molar refractivity (Wildman–Crippen MR) is 71.4 cm³/mol. The van der Waals surface area contributed by atoms with Crippen molar-refractivity contribution in [3.8, 4) is 5.75 Å². The van der Waals surface area contributed by atoms with Gasteiger partial charge in [-0.15, -0.1) is 0 Å². The van der Waals surface area contributed by atoms with Crippen LogP contribution >= 0.6 is 0 Å². The minimum absolute atomic E-state index is 0.0384. The first-order chi connectivity index (χ1) is 8.94. The first-order valence-corrected chi connectivity index (χ1v) is 6.86. The Labute approximate surface area is 111 Å². The third-order valence-corrected chi connectivity index (χ3v) is 4.02. The third kappa shape index (κ3) is 2.63. The second kappa shape index (κ2) is 4.81. The third-order valence-electron chi connectivity index (χ3n) is 2.51. The molecule has 2 aromatic rings. The number of imidazole rings is 1. The van der Waals surface area contributed by atoms with Crippen LogP contribution in [0.5, 0.6) is 5.75 Å². The van der Waals surface area contributed by atoms with Crippen LogP contribution in [0.2, 0.25) is 0 Å². The van der Waals surface area contributed by atoms with Crippen molar-refractivity contribution in [3.63, 3.8) is 0 Å². The maximum Gasteiger partial charge on any atom is 0.281 e. The van der Waals surface area contributed by atoms with Crippen LogP contribution in [0.1, 0.15) is 0 Å². The molecule has 0 spiro atoms. The molecule has 7 nitrogen and oxygen atoms in total. The number of anilines is 2. The molecule has 1 heterocycles. The maximum absolute atomic E-state index is 12.2. The highest BCUT2D eigenvalue weighted by Crippen LogP contribution is 2.21. The topological polar surface area (TPSA) is 99.2 Å². The summed E-state index contributed by atoms with van der Waals surface area (Å²) in [6.07, 6.45) is 1.35. The molecule has 0 saturated heterocycles. The minimum Gasteiger partial charge on any atom is -0.497 e. The zero-order chi connectivity index (χ0) is 14.0. The maximum atomic E-state index is 12.2. The highest BCUT2D eigenvalue weighted by molar-refractivity contribution is 7.92. The van der Waals surface area contributed by atoms with E-state index in [9.17, 15) is 8.42 Å². The molecule has 0 aliphatic carbocycles. The number of methoxy groups -OCH3 is 1. The first-order valence-electron chi connectivity index (χ1n) is 5.37. The van der Waals surface area contributed by atoms with Crippen LogP contribution in [-0.4, -0.2) is 25.1 Å². The Balaban J connectivity index is 2.31. The van der Waals surface area contributed by atoms with Crippen LogP contribution in [0, 0.1) is 0 Å². The van der Waals surface area contributed by atoms with Gasteiger partial charge in [0.1, 0.15) is 5.75 Å². The lowest BCUT2D eigenvalue weighted by Gasteiger charge is -2.09. The highest BCUT2D eigenvalue weighted by atomic mass is 32.2. The lowest BCUT2D eigenvalue weighted by Crippen LogP contribution is -2.17. The van der Waals surface area contributed by atoms with Crippen molar-refractivity contribution in [3.05, 3.63) is 30.6 Å². The van der Waals surface area contributed by atoms with Gasteiger partial charge in [0.05, 0.1) is 13.4 Å². The Morgan fingerprint density at radius 2 is 1.95 bits per heavy atom. The number of ether oxygens (including phenoxy) is 1. The summed E-state index contributed by atoms with van der Waals surface area (Å²) in [5, 5.41) is -0.0664. The fraction of sp³-hybridized carbons (Fsp3) is 0.182. The van der Waals surface area contributed by atoms with Crippen molar-refractivity contribution in [2.24, 2.45) is 7.05 Å². The van der Waals surface area contributed by atoms with E-state index in [4.69, 9.17) is 10.5 Å². The second-order valence-corrected chi connectivity index (χ2v) is 5.48. The van der Waals surface area contributed by atoms with Gasteiger partial charge in [0.2, 0.25) is 0 Å². The van der Waals surface area contributed by atoms with Gasteiger partial charge in [-0.1, -0.05) is 0 Å². The molecule has 0 saturated carbocycles. The fourth-order valence-electron chi connectivity index (χ4n) is 1.63. The molecule has 1 aromatic heterocycles. The number of benzene rings is 1. The van der Waals surface area contributed by atoms with E-state index in [-0.39, 0.29) is 10.8 Å². The van der Waals surface area contributed by atoms with Crippen molar-refractivity contribution < 1.29 is 13.2 Å². The smallest absolute Gasteiger partial charge is 0.281 e. The Morgan fingerprint density at radius 3 is 2.42 bits per heavy atom. The van der Waals surface area contributed by atoms with E-state index in [1.165, 1.54) is 18.0 Å². The fourth-order valence-corrected chi connectivity index (χ4v) is 2.92. The van der Waals surface area contributed by atoms with Gasteiger partial charge in [-0.2, -0.15) is 8.42 Å². The summed E-state index contributed by atoms with van der Waals surface area (Å²) in [6, 6.07) is 6.51.